The summed E-state index contributed by atoms with van der Waals surface area (Å²) >= 11 is 0. The van der Waals surface area contributed by atoms with E-state index in [1.807, 2.05) is 103 Å². The van der Waals surface area contributed by atoms with Crippen molar-refractivity contribution in [3.63, 3.8) is 0 Å². The molecule has 0 aliphatic carbocycles. The average Bonchev–Trinajstić information content (AvgIpc) is 3.93. The average molecular weight is 695 g/mol. The summed E-state index contributed by atoms with van der Waals surface area (Å²) < 4.78 is 0. The molecule has 2 saturated heterocycles. The van der Waals surface area contributed by atoms with Crippen LogP contribution in [-0.4, -0.2) is 76.8 Å². The van der Waals surface area contributed by atoms with E-state index in [0.29, 0.717) is 37.3 Å². The number of aromatic amines is 1. The van der Waals surface area contributed by atoms with E-state index in [1.165, 1.54) is 0 Å². The van der Waals surface area contributed by atoms with Crippen molar-refractivity contribution in [1.29, 1.82) is 0 Å². The van der Waals surface area contributed by atoms with Crippen LogP contribution < -0.4 is 10.6 Å². The van der Waals surface area contributed by atoms with E-state index in [1.54, 1.807) is 23.1 Å². The maximum Gasteiger partial charge on any atom is 0.247 e. The molecule has 4 amide bonds. The van der Waals surface area contributed by atoms with Crippen LogP contribution in [0.5, 0.6) is 0 Å². The molecule has 52 heavy (non-hydrogen) atoms. The summed E-state index contributed by atoms with van der Waals surface area (Å²) in [6, 6.07) is 31.5. The fraction of sp³-hybridized carbons (Fsp3) is 0.262. The first-order chi connectivity index (χ1) is 25.4. The lowest BCUT2D eigenvalue weighted by molar-refractivity contribution is -0.136. The Morgan fingerprint density at radius 1 is 0.712 bits per heavy atom. The van der Waals surface area contributed by atoms with Gasteiger partial charge in [-0.2, -0.15) is 0 Å². The van der Waals surface area contributed by atoms with Crippen LogP contribution in [0.15, 0.2) is 108 Å². The van der Waals surface area contributed by atoms with Crippen molar-refractivity contribution in [1.82, 2.24) is 14.8 Å². The maximum atomic E-state index is 13.5. The zero-order valence-corrected chi connectivity index (χ0v) is 29.2. The zero-order chi connectivity index (χ0) is 36.0. The quantitative estimate of drug-likeness (QED) is 0.150. The molecule has 0 saturated carbocycles. The molecule has 2 aliphatic rings. The summed E-state index contributed by atoms with van der Waals surface area (Å²) in [4.78, 5) is 64.2. The molecule has 10 heteroatoms. The van der Waals surface area contributed by atoms with Crippen LogP contribution in [0.4, 0.5) is 11.4 Å². The van der Waals surface area contributed by atoms with E-state index in [0.717, 1.165) is 51.7 Å². The lowest BCUT2D eigenvalue weighted by Crippen LogP contribution is -2.43. The molecule has 264 valence electrons. The normalized spacial score (nSPS) is 17.2. The van der Waals surface area contributed by atoms with Gasteiger partial charge in [0.15, 0.2) is 0 Å². The summed E-state index contributed by atoms with van der Waals surface area (Å²) in [7, 11) is 1.71. The number of aromatic nitrogens is 1. The third-order valence-corrected chi connectivity index (χ3v) is 9.95. The first-order valence-corrected chi connectivity index (χ1v) is 17.8. The minimum Gasteiger partial charge on any atom is -0.354 e. The molecule has 10 nitrogen and oxygen atoms in total. The highest BCUT2D eigenvalue weighted by molar-refractivity contribution is 6.08. The first-order valence-electron chi connectivity index (χ1n) is 17.8. The number of rotatable bonds is 10. The molecule has 5 aromatic rings. The summed E-state index contributed by atoms with van der Waals surface area (Å²) in [5.41, 5.74) is 6.64. The number of hydrogen-bond donors (Lipinski definition) is 3. The Kier molecular flexibility index (Phi) is 10.2. The first kappa shape index (κ1) is 34.4. The largest absolute Gasteiger partial charge is 0.354 e. The molecule has 3 heterocycles. The number of fused-ring (bicyclic) bond motifs is 1. The van der Waals surface area contributed by atoms with Gasteiger partial charge in [-0.25, -0.2) is 0 Å². The molecule has 0 bridgehead atoms. The van der Waals surface area contributed by atoms with Crippen LogP contribution in [0, 0.1) is 0 Å². The lowest BCUT2D eigenvalue weighted by Gasteiger charge is -2.24. The molecule has 2 atom stereocenters. The standard InChI is InChI=1S/C42H42N6O4/c1-43-27-34-33-26-32(45-42(52)37-15-9-23-48(37)39(50)25-29-12-6-3-7-13-29)20-21-35(33)46-40(34)30-16-18-31(19-17-30)44-41(51)36-14-8-22-47(36)38(49)24-28-10-4-2-5-11-28/h2-7,10-13,16-21,26-27,36-37,46H,8-9,14-15,22-25H2,1H3,(H,44,51)(H,45,52)/t36-,37-/m0/s1. The molecule has 0 spiro atoms. The number of aliphatic imine (C=N–C) groups is 1. The van der Waals surface area contributed by atoms with Crippen LogP contribution in [0.2, 0.25) is 0 Å². The van der Waals surface area contributed by atoms with Crippen LogP contribution in [-0.2, 0) is 32.0 Å². The summed E-state index contributed by atoms with van der Waals surface area (Å²) in [6.07, 6.45) is 5.16. The third kappa shape index (κ3) is 7.51. The van der Waals surface area contributed by atoms with Crippen LogP contribution in [0.3, 0.4) is 0 Å². The molecule has 2 aliphatic heterocycles. The summed E-state index contributed by atoms with van der Waals surface area (Å²) in [6.45, 7) is 1.14. The summed E-state index contributed by atoms with van der Waals surface area (Å²) in [5.74, 6) is -0.470. The fourth-order valence-corrected chi connectivity index (χ4v) is 7.37. The van der Waals surface area contributed by atoms with E-state index in [2.05, 4.69) is 20.6 Å². The van der Waals surface area contributed by atoms with Gasteiger partial charge in [-0.1, -0.05) is 72.8 Å². The van der Waals surface area contributed by atoms with Crippen molar-refractivity contribution in [2.45, 2.75) is 50.6 Å². The minimum atomic E-state index is -0.518. The second-order valence-electron chi connectivity index (χ2n) is 13.4. The Morgan fingerprint density at radius 3 is 1.77 bits per heavy atom. The topological polar surface area (TPSA) is 127 Å². The smallest absolute Gasteiger partial charge is 0.247 e. The van der Waals surface area contributed by atoms with Gasteiger partial charge in [0.2, 0.25) is 23.6 Å². The van der Waals surface area contributed by atoms with Crippen LogP contribution >= 0.6 is 0 Å². The molecule has 7 rings (SSSR count). The number of benzene rings is 4. The van der Waals surface area contributed by atoms with Gasteiger partial charge in [-0.15, -0.1) is 0 Å². The number of nitrogens with one attached hydrogen (secondary N) is 3. The van der Waals surface area contributed by atoms with Crippen molar-refractivity contribution < 1.29 is 19.2 Å². The van der Waals surface area contributed by atoms with Gasteiger partial charge in [0.1, 0.15) is 12.1 Å². The predicted octanol–water partition coefficient (Wildman–Crippen LogP) is 6.23. The molecule has 0 unspecified atom stereocenters. The number of carbonyl (C=O) groups excluding carboxylic acids is 4. The van der Waals surface area contributed by atoms with E-state index in [9.17, 15) is 19.2 Å². The lowest BCUT2D eigenvalue weighted by atomic mass is 10.0. The number of carbonyl (C=O) groups is 4. The van der Waals surface area contributed by atoms with E-state index < -0.39 is 12.1 Å². The van der Waals surface area contributed by atoms with Gasteiger partial charge >= 0.3 is 0 Å². The Balaban J connectivity index is 1.03. The van der Waals surface area contributed by atoms with Gasteiger partial charge in [-0.05, 0) is 72.7 Å². The van der Waals surface area contributed by atoms with Crippen LogP contribution in [0.25, 0.3) is 22.2 Å². The second kappa shape index (κ2) is 15.5. The monoisotopic (exact) mass is 694 g/mol. The maximum absolute atomic E-state index is 13.5. The molecule has 0 radical (unpaired) electrons. The van der Waals surface area contributed by atoms with Crippen molar-refractivity contribution in [3.8, 4) is 11.3 Å². The molecule has 1 aromatic heterocycles. The van der Waals surface area contributed by atoms with Crippen LogP contribution in [0.1, 0.15) is 42.4 Å². The highest BCUT2D eigenvalue weighted by Crippen LogP contribution is 2.32. The summed E-state index contributed by atoms with van der Waals surface area (Å²) in [5, 5.41) is 6.96. The molecular weight excluding hydrogens is 652 g/mol. The Morgan fingerprint density at radius 2 is 1.23 bits per heavy atom. The third-order valence-electron chi connectivity index (χ3n) is 9.95. The predicted molar refractivity (Wildman–Crippen MR) is 204 cm³/mol. The molecule has 2 fully saturated rings. The van der Waals surface area contributed by atoms with E-state index >= 15 is 0 Å². The Labute approximate surface area is 302 Å². The van der Waals surface area contributed by atoms with E-state index in [4.69, 9.17) is 0 Å². The highest BCUT2D eigenvalue weighted by Gasteiger charge is 2.35. The highest BCUT2D eigenvalue weighted by atomic mass is 16.2. The van der Waals surface area contributed by atoms with Crippen molar-refractivity contribution in [2.24, 2.45) is 4.99 Å². The van der Waals surface area contributed by atoms with Gasteiger partial charge in [0.05, 0.1) is 18.5 Å². The zero-order valence-electron chi connectivity index (χ0n) is 29.2. The SMILES string of the molecule is CN=Cc1c(-c2ccc(NC(=O)[C@@H]3CCCN3C(=O)Cc3ccccc3)cc2)[nH]c2ccc(NC(=O)[C@@H]3CCCN3C(=O)Cc3ccccc3)cc12. The van der Waals surface area contributed by atoms with Gasteiger partial charge in [0, 0.05) is 54.2 Å². The fourth-order valence-electron chi connectivity index (χ4n) is 7.37. The Bertz CT molecular complexity index is 2110. The molecular formula is C42H42N6O4. The number of amides is 4. The van der Waals surface area contributed by atoms with Crippen molar-refractivity contribution in [3.05, 3.63) is 120 Å². The number of likely N-dealkylation sites (tertiary alicyclic amines) is 2. The van der Waals surface area contributed by atoms with Gasteiger partial charge in [0.25, 0.3) is 0 Å². The number of hydrogen-bond acceptors (Lipinski definition) is 5. The van der Waals surface area contributed by atoms with Crippen molar-refractivity contribution >= 4 is 52.1 Å². The van der Waals surface area contributed by atoms with Crippen molar-refractivity contribution in [2.75, 3.05) is 30.8 Å². The molecule has 3 N–H and O–H groups in total. The molecule has 4 aromatic carbocycles. The second-order valence-corrected chi connectivity index (χ2v) is 13.4. The number of anilines is 2. The Hall–Kier alpha value is -6.03. The number of nitrogens with zero attached hydrogens (tertiary/aromatic N) is 3. The van der Waals surface area contributed by atoms with E-state index in [-0.39, 0.29) is 36.5 Å². The number of H-pyrrole nitrogens is 1. The van der Waals surface area contributed by atoms with Gasteiger partial charge < -0.3 is 25.4 Å². The minimum absolute atomic E-state index is 0.0414. The van der Waals surface area contributed by atoms with Gasteiger partial charge in [-0.3, -0.25) is 24.2 Å².